The Morgan fingerprint density at radius 3 is 3.17 bits per heavy atom. The second kappa shape index (κ2) is 4.61. The molecule has 96 valence electrons. The number of benzene rings is 1. The molecular formula is C14H18N2O2. The van der Waals surface area contributed by atoms with Crippen molar-refractivity contribution in [1.29, 1.82) is 0 Å². The summed E-state index contributed by atoms with van der Waals surface area (Å²) in [6.45, 7) is 4.51. The Bertz CT molecular complexity index is 473. The van der Waals surface area contributed by atoms with Crippen LogP contribution in [0.2, 0.25) is 0 Å². The van der Waals surface area contributed by atoms with Crippen LogP contribution in [0.4, 0.5) is 11.4 Å². The summed E-state index contributed by atoms with van der Waals surface area (Å²) in [4.78, 5) is 14.0. The molecule has 1 unspecified atom stereocenters. The van der Waals surface area contributed by atoms with Crippen molar-refractivity contribution in [2.45, 2.75) is 25.9 Å². The maximum Gasteiger partial charge on any atom is 0.226 e. The highest BCUT2D eigenvalue weighted by molar-refractivity contribution is 5.97. The summed E-state index contributed by atoms with van der Waals surface area (Å²) in [6.07, 6.45) is 1.72. The van der Waals surface area contributed by atoms with Crippen molar-refractivity contribution in [3.05, 3.63) is 23.8 Å². The monoisotopic (exact) mass is 246 g/mol. The fourth-order valence-corrected chi connectivity index (χ4v) is 2.86. The fourth-order valence-electron chi connectivity index (χ4n) is 2.86. The van der Waals surface area contributed by atoms with E-state index in [1.807, 2.05) is 19.1 Å². The molecule has 1 aromatic carbocycles. The van der Waals surface area contributed by atoms with Crippen LogP contribution >= 0.6 is 0 Å². The highest BCUT2D eigenvalue weighted by atomic mass is 16.5. The Hall–Kier alpha value is -1.55. The van der Waals surface area contributed by atoms with Crippen LogP contribution in [-0.2, 0) is 9.53 Å². The number of amides is 1. The molecule has 0 saturated heterocycles. The van der Waals surface area contributed by atoms with Crippen molar-refractivity contribution >= 4 is 17.3 Å². The molecule has 1 amide bonds. The van der Waals surface area contributed by atoms with Crippen LogP contribution in [0.1, 0.15) is 31.4 Å². The highest BCUT2D eigenvalue weighted by Gasteiger charge is 2.29. The molecule has 0 radical (unpaired) electrons. The van der Waals surface area contributed by atoms with E-state index in [-0.39, 0.29) is 12.0 Å². The molecule has 2 aliphatic rings. The van der Waals surface area contributed by atoms with Crippen LogP contribution in [-0.4, -0.2) is 25.6 Å². The van der Waals surface area contributed by atoms with Gasteiger partial charge in [0.1, 0.15) is 0 Å². The second-order valence-corrected chi connectivity index (χ2v) is 4.76. The molecule has 0 aliphatic carbocycles. The third-order valence-electron chi connectivity index (χ3n) is 3.64. The Morgan fingerprint density at radius 1 is 1.44 bits per heavy atom. The molecule has 1 N–H and O–H groups in total. The summed E-state index contributed by atoms with van der Waals surface area (Å²) in [5.74, 6) is 0.103. The molecule has 1 atom stereocenters. The second-order valence-electron chi connectivity index (χ2n) is 4.76. The first kappa shape index (κ1) is 11.5. The van der Waals surface area contributed by atoms with Gasteiger partial charge in [0.25, 0.3) is 0 Å². The number of nitrogens with zero attached hydrogens (tertiary/aromatic N) is 1. The predicted octanol–water partition coefficient (Wildman–Crippen LogP) is 2.32. The number of rotatable bonds is 2. The molecule has 0 fully saturated rings. The smallest absolute Gasteiger partial charge is 0.226 e. The average molecular weight is 246 g/mol. The first-order chi connectivity index (χ1) is 8.79. The molecule has 0 aromatic heterocycles. The van der Waals surface area contributed by atoms with Crippen molar-refractivity contribution in [2.75, 3.05) is 29.9 Å². The Morgan fingerprint density at radius 2 is 2.33 bits per heavy atom. The van der Waals surface area contributed by atoms with Gasteiger partial charge in [-0.1, -0.05) is 12.1 Å². The van der Waals surface area contributed by atoms with E-state index >= 15 is 0 Å². The largest absolute Gasteiger partial charge is 0.374 e. The predicted molar refractivity (Wildman–Crippen MR) is 70.9 cm³/mol. The lowest BCUT2D eigenvalue weighted by Gasteiger charge is -2.35. The maximum atomic E-state index is 11.7. The van der Waals surface area contributed by atoms with Crippen molar-refractivity contribution < 1.29 is 9.53 Å². The van der Waals surface area contributed by atoms with Gasteiger partial charge in [0.2, 0.25) is 5.91 Å². The molecule has 0 spiro atoms. The van der Waals surface area contributed by atoms with Crippen LogP contribution < -0.4 is 10.2 Å². The lowest BCUT2D eigenvalue weighted by atomic mass is 9.97. The van der Waals surface area contributed by atoms with Crippen molar-refractivity contribution in [3.8, 4) is 0 Å². The molecule has 1 aromatic rings. The molecular weight excluding hydrogens is 228 g/mol. The van der Waals surface area contributed by atoms with Crippen LogP contribution in [0.25, 0.3) is 0 Å². The molecule has 0 saturated carbocycles. The molecule has 0 bridgehead atoms. The lowest BCUT2D eigenvalue weighted by molar-refractivity contribution is -0.115. The first-order valence-electron chi connectivity index (χ1n) is 6.59. The van der Waals surface area contributed by atoms with E-state index in [4.69, 9.17) is 4.74 Å². The zero-order valence-corrected chi connectivity index (χ0v) is 10.6. The first-order valence-corrected chi connectivity index (χ1v) is 6.59. The molecule has 2 heterocycles. The number of ether oxygens (including phenoxy) is 1. The summed E-state index contributed by atoms with van der Waals surface area (Å²) < 4.78 is 5.81. The summed E-state index contributed by atoms with van der Waals surface area (Å²) >= 11 is 0. The van der Waals surface area contributed by atoms with Gasteiger partial charge in [-0.3, -0.25) is 4.79 Å². The van der Waals surface area contributed by atoms with Gasteiger partial charge >= 0.3 is 0 Å². The van der Waals surface area contributed by atoms with Crippen molar-refractivity contribution in [2.24, 2.45) is 0 Å². The van der Waals surface area contributed by atoms with Gasteiger partial charge in [0.15, 0.2) is 0 Å². The Kier molecular flexibility index (Phi) is 2.96. The SMILES string of the molecule is CCOC1CCN2CCC(=O)Nc3cccc1c32. The van der Waals surface area contributed by atoms with Gasteiger partial charge in [-0.15, -0.1) is 0 Å². The van der Waals surface area contributed by atoms with E-state index < -0.39 is 0 Å². The van der Waals surface area contributed by atoms with Gasteiger partial charge in [0.05, 0.1) is 17.5 Å². The minimum atomic E-state index is 0.103. The van der Waals surface area contributed by atoms with Gasteiger partial charge in [-0.25, -0.2) is 0 Å². The zero-order valence-electron chi connectivity index (χ0n) is 10.6. The van der Waals surface area contributed by atoms with E-state index in [2.05, 4.69) is 16.3 Å². The van der Waals surface area contributed by atoms with Gasteiger partial charge in [-0.2, -0.15) is 0 Å². The van der Waals surface area contributed by atoms with Crippen LogP contribution in [0.15, 0.2) is 18.2 Å². The molecule has 4 heteroatoms. The summed E-state index contributed by atoms with van der Waals surface area (Å²) in [6, 6.07) is 6.08. The number of para-hydroxylation sites is 1. The minimum absolute atomic E-state index is 0.103. The van der Waals surface area contributed by atoms with E-state index in [1.165, 1.54) is 5.56 Å². The summed E-state index contributed by atoms with van der Waals surface area (Å²) in [5.41, 5.74) is 3.30. The average Bonchev–Trinajstić information content (AvgIpc) is 2.54. The molecule has 4 nitrogen and oxygen atoms in total. The van der Waals surface area contributed by atoms with Crippen LogP contribution in [0, 0.1) is 0 Å². The van der Waals surface area contributed by atoms with Gasteiger partial charge < -0.3 is 15.0 Å². The van der Waals surface area contributed by atoms with E-state index in [0.717, 1.165) is 37.5 Å². The van der Waals surface area contributed by atoms with Crippen LogP contribution in [0.3, 0.4) is 0 Å². The zero-order chi connectivity index (χ0) is 12.5. The third-order valence-corrected chi connectivity index (χ3v) is 3.64. The lowest BCUT2D eigenvalue weighted by Crippen LogP contribution is -2.32. The minimum Gasteiger partial charge on any atom is -0.374 e. The summed E-state index contributed by atoms with van der Waals surface area (Å²) in [5, 5.41) is 2.99. The number of hydrogen-bond donors (Lipinski definition) is 1. The highest BCUT2D eigenvalue weighted by Crippen LogP contribution is 2.41. The van der Waals surface area contributed by atoms with Crippen LogP contribution in [0.5, 0.6) is 0 Å². The van der Waals surface area contributed by atoms with Gasteiger partial charge in [0, 0.05) is 31.7 Å². The summed E-state index contributed by atoms with van der Waals surface area (Å²) in [7, 11) is 0. The van der Waals surface area contributed by atoms with Gasteiger partial charge in [-0.05, 0) is 19.4 Å². The number of anilines is 2. The molecule has 18 heavy (non-hydrogen) atoms. The quantitative estimate of drug-likeness (QED) is 0.870. The third kappa shape index (κ3) is 1.86. The Labute approximate surface area is 107 Å². The normalized spacial score (nSPS) is 22.2. The maximum absolute atomic E-state index is 11.7. The van der Waals surface area contributed by atoms with Crippen molar-refractivity contribution in [3.63, 3.8) is 0 Å². The fraction of sp³-hybridized carbons (Fsp3) is 0.500. The van der Waals surface area contributed by atoms with E-state index in [1.54, 1.807) is 0 Å². The number of hydrogen-bond acceptors (Lipinski definition) is 3. The van der Waals surface area contributed by atoms with E-state index in [0.29, 0.717) is 6.42 Å². The Balaban J connectivity index is 2.06. The van der Waals surface area contributed by atoms with E-state index in [9.17, 15) is 4.79 Å². The number of nitrogens with one attached hydrogen (secondary N) is 1. The number of carbonyl (C=O) groups excluding carboxylic acids is 1. The topological polar surface area (TPSA) is 41.6 Å². The molecule has 3 rings (SSSR count). The standard InChI is InChI=1S/C14H18N2O2/c1-2-18-12-6-8-16-9-7-13(17)15-11-5-3-4-10(12)14(11)16/h3-5,12H,2,6-9H2,1H3,(H,15,17). The number of carbonyl (C=O) groups is 1. The van der Waals surface area contributed by atoms with Crippen molar-refractivity contribution in [1.82, 2.24) is 0 Å². The molecule has 2 aliphatic heterocycles.